The van der Waals surface area contributed by atoms with Gasteiger partial charge in [-0.05, 0) is 37.8 Å². The first kappa shape index (κ1) is 13.9. The topological polar surface area (TPSA) is 32.3 Å². The van der Waals surface area contributed by atoms with Crippen LogP contribution in [0.1, 0.15) is 19.4 Å². The van der Waals surface area contributed by atoms with Crippen LogP contribution in [0, 0.1) is 0 Å². The molecule has 2 amide bonds. The third-order valence-electron chi connectivity index (χ3n) is 2.57. The highest BCUT2D eigenvalue weighted by Crippen LogP contribution is 2.14. The molecule has 0 heterocycles. The first-order valence-corrected chi connectivity index (χ1v) is 7.24. The van der Waals surface area contributed by atoms with Gasteiger partial charge in [0.2, 0.25) is 0 Å². The molecular formula is C13H20N2OS. The highest BCUT2D eigenvalue weighted by Gasteiger charge is 2.08. The van der Waals surface area contributed by atoms with Gasteiger partial charge in [-0.2, -0.15) is 11.8 Å². The molecule has 0 unspecified atom stereocenters. The number of hydrogen-bond acceptors (Lipinski definition) is 2. The van der Waals surface area contributed by atoms with Gasteiger partial charge in [0.1, 0.15) is 0 Å². The number of nitrogens with zero attached hydrogens (tertiary/aromatic N) is 1. The fourth-order valence-corrected chi connectivity index (χ4v) is 2.09. The van der Waals surface area contributed by atoms with Crippen LogP contribution in [-0.4, -0.2) is 30.3 Å². The molecule has 0 aliphatic heterocycles. The summed E-state index contributed by atoms with van der Waals surface area (Å²) in [5.41, 5.74) is 2.13. The molecule has 4 heteroatoms. The summed E-state index contributed by atoms with van der Waals surface area (Å²) in [7, 11) is 0. The summed E-state index contributed by atoms with van der Waals surface area (Å²) in [5, 5.41) is 2.89. The lowest BCUT2D eigenvalue weighted by molar-refractivity contribution is 0.217. The molecule has 0 atom stereocenters. The normalized spacial score (nSPS) is 10.1. The van der Waals surface area contributed by atoms with E-state index < -0.39 is 0 Å². The summed E-state index contributed by atoms with van der Waals surface area (Å²) in [5.74, 6) is 1.00. The number of carbonyl (C=O) groups excluding carboxylic acids is 1. The lowest BCUT2D eigenvalue weighted by Crippen LogP contribution is -2.34. The monoisotopic (exact) mass is 252 g/mol. The minimum Gasteiger partial charge on any atom is -0.325 e. The lowest BCUT2D eigenvalue weighted by atomic mass is 10.2. The molecule has 0 bridgehead atoms. The van der Waals surface area contributed by atoms with Gasteiger partial charge in [0.05, 0.1) is 0 Å². The van der Waals surface area contributed by atoms with Crippen LogP contribution < -0.4 is 5.32 Å². The van der Waals surface area contributed by atoms with Crippen LogP contribution in [0.4, 0.5) is 10.5 Å². The van der Waals surface area contributed by atoms with Gasteiger partial charge in [0, 0.05) is 24.5 Å². The van der Waals surface area contributed by atoms with Gasteiger partial charge in [0.25, 0.3) is 0 Å². The van der Waals surface area contributed by atoms with Crippen molar-refractivity contribution in [3.8, 4) is 0 Å². The largest absolute Gasteiger partial charge is 0.325 e. The average molecular weight is 252 g/mol. The van der Waals surface area contributed by atoms with E-state index >= 15 is 0 Å². The molecule has 94 valence electrons. The van der Waals surface area contributed by atoms with Crippen molar-refractivity contribution in [3.05, 3.63) is 29.8 Å². The van der Waals surface area contributed by atoms with Crippen LogP contribution in [0.3, 0.4) is 0 Å². The Morgan fingerprint density at radius 3 is 2.29 bits per heavy atom. The number of benzene rings is 1. The third kappa shape index (κ3) is 4.30. The predicted molar refractivity (Wildman–Crippen MR) is 75.6 cm³/mol. The van der Waals surface area contributed by atoms with E-state index in [-0.39, 0.29) is 6.03 Å². The molecule has 0 aliphatic rings. The molecule has 1 aromatic carbocycles. The maximum absolute atomic E-state index is 11.8. The summed E-state index contributed by atoms with van der Waals surface area (Å²) in [6.07, 6.45) is 2.08. The molecule has 0 saturated carbocycles. The molecule has 1 N–H and O–H groups in total. The molecule has 0 spiro atoms. The number of urea groups is 1. The number of rotatable bonds is 5. The molecule has 0 aromatic heterocycles. The minimum atomic E-state index is -0.0346. The number of carbonyl (C=O) groups is 1. The van der Waals surface area contributed by atoms with Gasteiger partial charge in [-0.3, -0.25) is 0 Å². The summed E-state index contributed by atoms with van der Waals surface area (Å²) in [6.45, 7) is 5.41. The summed E-state index contributed by atoms with van der Waals surface area (Å²) in [6, 6.07) is 7.97. The molecule has 0 fully saturated rings. The summed E-state index contributed by atoms with van der Waals surface area (Å²) < 4.78 is 0. The second-order valence-corrected chi connectivity index (χ2v) is 4.60. The Hall–Kier alpha value is -1.16. The molecule has 17 heavy (non-hydrogen) atoms. The zero-order valence-corrected chi connectivity index (χ0v) is 11.5. The Morgan fingerprint density at radius 1 is 1.24 bits per heavy atom. The number of nitrogens with one attached hydrogen (secondary N) is 1. The van der Waals surface area contributed by atoms with Crippen molar-refractivity contribution in [2.75, 3.05) is 24.7 Å². The molecule has 1 aromatic rings. The van der Waals surface area contributed by atoms with Crippen LogP contribution in [-0.2, 0) is 5.75 Å². The molecule has 1 rings (SSSR count). The Balaban J connectivity index is 2.59. The molecular weight excluding hydrogens is 232 g/mol. The van der Waals surface area contributed by atoms with Crippen molar-refractivity contribution in [2.24, 2.45) is 0 Å². The summed E-state index contributed by atoms with van der Waals surface area (Å²) in [4.78, 5) is 13.6. The first-order valence-electron chi connectivity index (χ1n) is 5.85. The van der Waals surface area contributed by atoms with Crippen molar-refractivity contribution < 1.29 is 4.79 Å². The van der Waals surface area contributed by atoms with Crippen LogP contribution in [0.2, 0.25) is 0 Å². The number of hydrogen-bond donors (Lipinski definition) is 1. The van der Waals surface area contributed by atoms with E-state index in [4.69, 9.17) is 0 Å². The number of amides is 2. The summed E-state index contributed by atoms with van der Waals surface area (Å²) >= 11 is 1.79. The van der Waals surface area contributed by atoms with E-state index in [1.54, 1.807) is 16.7 Å². The van der Waals surface area contributed by atoms with Crippen LogP contribution in [0.25, 0.3) is 0 Å². The second kappa shape index (κ2) is 7.22. The molecule has 3 nitrogen and oxygen atoms in total. The predicted octanol–water partition coefficient (Wildman–Crippen LogP) is 3.42. The van der Waals surface area contributed by atoms with E-state index in [2.05, 4.69) is 11.6 Å². The van der Waals surface area contributed by atoms with Gasteiger partial charge >= 0.3 is 6.03 Å². The van der Waals surface area contributed by atoms with E-state index in [1.165, 1.54) is 5.56 Å². The second-order valence-electron chi connectivity index (χ2n) is 3.73. The van der Waals surface area contributed by atoms with Crippen molar-refractivity contribution in [2.45, 2.75) is 19.6 Å². The lowest BCUT2D eigenvalue weighted by Gasteiger charge is -2.19. The van der Waals surface area contributed by atoms with Crippen LogP contribution in [0.15, 0.2) is 24.3 Å². The number of anilines is 1. The standard InChI is InChI=1S/C13H20N2OS/c1-4-15(5-2)13(16)14-12-8-6-11(7-9-12)10-17-3/h6-9H,4-5,10H2,1-3H3,(H,14,16). The third-order valence-corrected chi connectivity index (χ3v) is 3.19. The Bertz CT molecular complexity index is 347. The van der Waals surface area contributed by atoms with Crippen molar-refractivity contribution >= 4 is 23.5 Å². The maximum Gasteiger partial charge on any atom is 0.321 e. The smallest absolute Gasteiger partial charge is 0.321 e. The van der Waals surface area contributed by atoms with Crippen molar-refractivity contribution in [3.63, 3.8) is 0 Å². The fraction of sp³-hybridized carbons (Fsp3) is 0.462. The average Bonchev–Trinajstić information content (AvgIpc) is 2.33. The van der Waals surface area contributed by atoms with E-state index in [0.29, 0.717) is 0 Å². The van der Waals surface area contributed by atoms with Gasteiger partial charge in [-0.1, -0.05) is 12.1 Å². The minimum absolute atomic E-state index is 0.0346. The van der Waals surface area contributed by atoms with Gasteiger partial charge in [0.15, 0.2) is 0 Å². The Morgan fingerprint density at radius 2 is 1.82 bits per heavy atom. The van der Waals surface area contributed by atoms with Crippen molar-refractivity contribution in [1.82, 2.24) is 4.90 Å². The molecule has 0 saturated heterocycles. The zero-order valence-electron chi connectivity index (χ0n) is 10.7. The fourth-order valence-electron chi connectivity index (χ4n) is 1.56. The molecule has 0 radical (unpaired) electrons. The van der Waals surface area contributed by atoms with Crippen molar-refractivity contribution in [1.29, 1.82) is 0 Å². The SMILES string of the molecule is CCN(CC)C(=O)Nc1ccc(CSC)cc1. The quantitative estimate of drug-likeness (QED) is 0.871. The van der Waals surface area contributed by atoms with Gasteiger partial charge in [-0.15, -0.1) is 0 Å². The zero-order chi connectivity index (χ0) is 12.7. The Kier molecular flexibility index (Phi) is 5.91. The van der Waals surface area contributed by atoms with E-state index in [9.17, 15) is 4.79 Å². The van der Waals surface area contributed by atoms with E-state index in [0.717, 1.165) is 24.5 Å². The van der Waals surface area contributed by atoms with Gasteiger partial charge in [-0.25, -0.2) is 4.79 Å². The Labute approximate surface area is 108 Å². The highest BCUT2D eigenvalue weighted by atomic mass is 32.2. The maximum atomic E-state index is 11.8. The first-order chi connectivity index (χ1) is 8.21. The number of thioether (sulfide) groups is 1. The van der Waals surface area contributed by atoms with Crippen LogP contribution >= 0.6 is 11.8 Å². The molecule has 0 aliphatic carbocycles. The van der Waals surface area contributed by atoms with Crippen LogP contribution in [0.5, 0.6) is 0 Å². The highest BCUT2D eigenvalue weighted by molar-refractivity contribution is 7.97. The van der Waals surface area contributed by atoms with E-state index in [1.807, 2.05) is 38.1 Å². The van der Waals surface area contributed by atoms with Gasteiger partial charge < -0.3 is 10.2 Å².